The number of fused-ring (bicyclic) bond motifs is 1. The van der Waals surface area contributed by atoms with Crippen molar-refractivity contribution in [3.8, 4) is 11.5 Å². The number of hydrogen-bond donors (Lipinski definition) is 1. The molecule has 1 aliphatic heterocycles. The fourth-order valence-electron chi connectivity index (χ4n) is 1.51. The molecule has 0 atom stereocenters. The Bertz CT molecular complexity index is 305. The smallest absolute Gasteiger partial charge is 0.164 e. The quantitative estimate of drug-likeness (QED) is 0.635. The first-order chi connectivity index (χ1) is 5.79. The van der Waals surface area contributed by atoms with Crippen LogP contribution in [0.25, 0.3) is 0 Å². The van der Waals surface area contributed by atoms with Gasteiger partial charge in [-0.3, -0.25) is 0 Å². The monoisotopic (exact) mass is 164 g/mol. The number of ether oxygens (including phenoxy) is 1. The minimum Gasteiger partial charge on any atom is -0.504 e. The van der Waals surface area contributed by atoms with Crippen molar-refractivity contribution in [1.82, 2.24) is 0 Å². The van der Waals surface area contributed by atoms with Crippen LogP contribution >= 0.6 is 0 Å². The third kappa shape index (κ3) is 1.04. The molecule has 12 heavy (non-hydrogen) atoms. The van der Waals surface area contributed by atoms with Crippen molar-refractivity contribution < 1.29 is 9.84 Å². The van der Waals surface area contributed by atoms with Gasteiger partial charge in [0.2, 0.25) is 0 Å². The predicted molar refractivity (Wildman–Crippen MR) is 46.7 cm³/mol. The molecule has 0 saturated heterocycles. The van der Waals surface area contributed by atoms with E-state index >= 15 is 0 Å². The summed E-state index contributed by atoms with van der Waals surface area (Å²) in [5, 5.41) is 9.62. The van der Waals surface area contributed by atoms with Crippen molar-refractivity contribution in [1.29, 1.82) is 0 Å². The normalized spacial score (nSPS) is 15.1. The van der Waals surface area contributed by atoms with Crippen molar-refractivity contribution in [2.45, 2.75) is 19.8 Å². The average Bonchev–Trinajstić information content (AvgIpc) is 2.12. The highest BCUT2D eigenvalue weighted by Crippen LogP contribution is 2.36. The minimum atomic E-state index is 0.312. The van der Waals surface area contributed by atoms with Gasteiger partial charge in [0.25, 0.3) is 0 Å². The summed E-state index contributed by atoms with van der Waals surface area (Å²) in [6.45, 7) is 2.61. The van der Waals surface area contributed by atoms with E-state index in [4.69, 9.17) is 4.74 Å². The van der Waals surface area contributed by atoms with Gasteiger partial charge in [0.05, 0.1) is 6.61 Å². The van der Waals surface area contributed by atoms with Gasteiger partial charge in [-0.25, -0.2) is 0 Å². The minimum absolute atomic E-state index is 0.312. The van der Waals surface area contributed by atoms with E-state index in [-0.39, 0.29) is 0 Å². The van der Waals surface area contributed by atoms with Crippen LogP contribution in [0.1, 0.15) is 17.5 Å². The molecule has 0 spiro atoms. The van der Waals surface area contributed by atoms with E-state index in [2.05, 4.69) is 0 Å². The molecule has 0 saturated carbocycles. The number of aromatic hydroxyl groups is 1. The molecule has 2 rings (SSSR count). The first-order valence-electron chi connectivity index (χ1n) is 4.23. The predicted octanol–water partition coefficient (Wildman–Crippen LogP) is 2.03. The Morgan fingerprint density at radius 1 is 1.42 bits per heavy atom. The summed E-state index contributed by atoms with van der Waals surface area (Å²) in [6.07, 6.45) is 2.07. The number of aryl methyl sites for hydroxylation is 2. The van der Waals surface area contributed by atoms with Crippen LogP contribution in [0.5, 0.6) is 11.5 Å². The van der Waals surface area contributed by atoms with Crippen LogP contribution < -0.4 is 4.74 Å². The van der Waals surface area contributed by atoms with Gasteiger partial charge < -0.3 is 9.84 Å². The Balaban J connectivity index is 2.54. The third-order valence-electron chi connectivity index (χ3n) is 2.25. The second kappa shape index (κ2) is 2.70. The fourth-order valence-corrected chi connectivity index (χ4v) is 1.51. The largest absolute Gasteiger partial charge is 0.504 e. The molecule has 2 heteroatoms. The van der Waals surface area contributed by atoms with Crippen molar-refractivity contribution in [3.63, 3.8) is 0 Å². The van der Waals surface area contributed by atoms with E-state index < -0.39 is 0 Å². The molecule has 0 aliphatic carbocycles. The lowest BCUT2D eigenvalue weighted by Gasteiger charge is -2.18. The Hall–Kier alpha value is -1.18. The van der Waals surface area contributed by atoms with E-state index in [1.54, 1.807) is 0 Å². The number of hydrogen-bond acceptors (Lipinski definition) is 2. The van der Waals surface area contributed by atoms with Gasteiger partial charge in [0.1, 0.15) is 0 Å². The maximum atomic E-state index is 9.62. The molecule has 1 N–H and O–H groups in total. The lowest BCUT2D eigenvalue weighted by atomic mass is 10.0. The summed E-state index contributed by atoms with van der Waals surface area (Å²) in [7, 11) is 0. The molecule has 1 aromatic carbocycles. The van der Waals surface area contributed by atoms with Gasteiger partial charge in [-0.1, -0.05) is 12.1 Å². The highest BCUT2D eigenvalue weighted by Gasteiger charge is 2.15. The van der Waals surface area contributed by atoms with Gasteiger partial charge in [0, 0.05) is 0 Å². The Kier molecular flexibility index (Phi) is 1.68. The molecular weight excluding hydrogens is 152 g/mol. The van der Waals surface area contributed by atoms with Crippen LogP contribution in [-0.4, -0.2) is 11.7 Å². The first kappa shape index (κ1) is 7.47. The molecule has 1 aromatic rings. The van der Waals surface area contributed by atoms with E-state index in [0.29, 0.717) is 11.5 Å². The summed E-state index contributed by atoms with van der Waals surface area (Å²) in [4.78, 5) is 0. The number of benzene rings is 1. The van der Waals surface area contributed by atoms with Crippen LogP contribution in [0, 0.1) is 6.92 Å². The SMILES string of the molecule is Cc1ccc2c(c1O)OCCC2. The lowest BCUT2D eigenvalue weighted by Crippen LogP contribution is -2.08. The zero-order valence-corrected chi connectivity index (χ0v) is 7.13. The molecule has 0 radical (unpaired) electrons. The van der Waals surface area contributed by atoms with Crippen LogP contribution in [0.2, 0.25) is 0 Å². The summed E-state index contributed by atoms with van der Waals surface area (Å²) >= 11 is 0. The van der Waals surface area contributed by atoms with Gasteiger partial charge in [0.15, 0.2) is 11.5 Å². The Morgan fingerprint density at radius 3 is 3.08 bits per heavy atom. The van der Waals surface area contributed by atoms with Gasteiger partial charge in [-0.05, 0) is 30.9 Å². The molecule has 64 valence electrons. The molecule has 1 heterocycles. The Morgan fingerprint density at radius 2 is 2.25 bits per heavy atom. The third-order valence-corrected chi connectivity index (χ3v) is 2.25. The highest BCUT2D eigenvalue weighted by molar-refractivity contribution is 5.51. The van der Waals surface area contributed by atoms with E-state index in [0.717, 1.165) is 30.6 Å². The zero-order valence-electron chi connectivity index (χ0n) is 7.13. The summed E-state index contributed by atoms with van der Waals surface area (Å²) in [5.74, 6) is 1.01. The van der Waals surface area contributed by atoms with Gasteiger partial charge in [-0.2, -0.15) is 0 Å². The van der Waals surface area contributed by atoms with E-state index in [9.17, 15) is 5.11 Å². The maximum absolute atomic E-state index is 9.62. The standard InChI is InChI=1S/C10H12O2/c1-7-4-5-8-3-2-6-12-10(8)9(7)11/h4-5,11H,2-3,6H2,1H3. The molecule has 0 aromatic heterocycles. The molecule has 0 bridgehead atoms. The molecule has 0 amide bonds. The molecule has 0 fully saturated rings. The van der Waals surface area contributed by atoms with E-state index in [1.807, 2.05) is 19.1 Å². The van der Waals surface area contributed by atoms with Crippen LogP contribution in [0.3, 0.4) is 0 Å². The fraction of sp³-hybridized carbons (Fsp3) is 0.400. The molecule has 0 unspecified atom stereocenters. The summed E-state index contributed by atoms with van der Waals surface area (Å²) in [6, 6.07) is 3.96. The first-order valence-corrected chi connectivity index (χ1v) is 4.23. The summed E-state index contributed by atoms with van der Waals surface area (Å²) < 4.78 is 5.39. The second-order valence-corrected chi connectivity index (χ2v) is 3.17. The van der Waals surface area contributed by atoms with Gasteiger partial charge >= 0.3 is 0 Å². The van der Waals surface area contributed by atoms with Gasteiger partial charge in [-0.15, -0.1) is 0 Å². The maximum Gasteiger partial charge on any atom is 0.164 e. The van der Waals surface area contributed by atoms with Crippen molar-refractivity contribution >= 4 is 0 Å². The topological polar surface area (TPSA) is 29.5 Å². The molecular formula is C10H12O2. The van der Waals surface area contributed by atoms with Crippen molar-refractivity contribution in [2.24, 2.45) is 0 Å². The van der Waals surface area contributed by atoms with E-state index in [1.165, 1.54) is 0 Å². The zero-order chi connectivity index (χ0) is 8.55. The molecule has 2 nitrogen and oxygen atoms in total. The molecule has 1 aliphatic rings. The lowest BCUT2D eigenvalue weighted by molar-refractivity contribution is 0.272. The van der Waals surface area contributed by atoms with Crippen LogP contribution in [0.4, 0.5) is 0 Å². The average molecular weight is 164 g/mol. The second-order valence-electron chi connectivity index (χ2n) is 3.17. The van der Waals surface area contributed by atoms with Crippen molar-refractivity contribution in [2.75, 3.05) is 6.61 Å². The number of rotatable bonds is 0. The van der Waals surface area contributed by atoms with Crippen LogP contribution in [0.15, 0.2) is 12.1 Å². The summed E-state index contributed by atoms with van der Waals surface area (Å²) in [5.41, 5.74) is 2.01. The van der Waals surface area contributed by atoms with Crippen LogP contribution in [-0.2, 0) is 6.42 Å². The number of phenols is 1. The van der Waals surface area contributed by atoms with Crippen molar-refractivity contribution in [3.05, 3.63) is 23.3 Å². The highest BCUT2D eigenvalue weighted by atomic mass is 16.5. The Labute approximate surface area is 71.8 Å². The number of phenolic OH excluding ortho intramolecular Hbond substituents is 1.